The first-order valence-electron chi connectivity index (χ1n) is 9.11. The van der Waals surface area contributed by atoms with Crippen LogP contribution in [0, 0.1) is 5.82 Å². The average molecular weight is 401 g/mol. The van der Waals surface area contributed by atoms with Crippen LogP contribution in [0.5, 0.6) is 0 Å². The summed E-state index contributed by atoms with van der Waals surface area (Å²) in [5, 5.41) is 1.30. The van der Waals surface area contributed by atoms with E-state index < -0.39 is 32.8 Å². The first-order valence-corrected chi connectivity index (χ1v) is 10.6. The Kier molecular flexibility index (Phi) is 4.80. The lowest BCUT2D eigenvalue weighted by molar-refractivity contribution is 0.176. The van der Waals surface area contributed by atoms with Gasteiger partial charge in [0.1, 0.15) is 16.8 Å². The molecule has 0 bridgehead atoms. The van der Waals surface area contributed by atoms with E-state index >= 15 is 0 Å². The van der Waals surface area contributed by atoms with Crippen molar-refractivity contribution in [2.75, 3.05) is 0 Å². The van der Waals surface area contributed by atoms with Crippen LogP contribution in [0.3, 0.4) is 0 Å². The molecule has 0 saturated heterocycles. The van der Waals surface area contributed by atoms with Crippen LogP contribution in [0.4, 0.5) is 9.18 Å². The van der Waals surface area contributed by atoms with Gasteiger partial charge >= 0.3 is 6.03 Å². The number of nitrogens with one attached hydrogen (secondary N) is 2. The summed E-state index contributed by atoms with van der Waals surface area (Å²) in [6.07, 6.45) is 3.68. The van der Waals surface area contributed by atoms with Crippen molar-refractivity contribution in [3.05, 3.63) is 77.2 Å². The third-order valence-electron chi connectivity index (χ3n) is 5.04. The number of amides is 2. The molecule has 0 fully saturated rings. The standard InChI is InChI=1S/C20H20FN3O3S/c21-16-11-5-7-13-18(16)28(26,27)23-20(25)24-19(14-8-2-1-3-9-14)15-10-4-6-12-17(15)22-24/h1-3,5,7-9,11,13,19,22H,4,6,10,12H2,(H,23,25). The molecule has 0 radical (unpaired) electrons. The van der Waals surface area contributed by atoms with Gasteiger partial charge in [0.2, 0.25) is 0 Å². The lowest BCUT2D eigenvalue weighted by Gasteiger charge is -2.27. The van der Waals surface area contributed by atoms with Crippen LogP contribution in [-0.2, 0) is 10.0 Å². The quantitative estimate of drug-likeness (QED) is 0.824. The molecule has 1 heterocycles. The minimum atomic E-state index is -4.34. The normalized spacial score (nSPS) is 19.2. The van der Waals surface area contributed by atoms with Gasteiger partial charge in [-0.3, -0.25) is 5.43 Å². The molecule has 6 nitrogen and oxygen atoms in total. The number of rotatable bonds is 3. The molecule has 2 amide bonds. The lowest BCUT2D eigenvalue weighted by Crippen LogP contribution is -2.48. The summed E-state index contributed by atoms with van der Waals surface area (Å²) in [6, 6.07) is 13.2. The van der Waals surface area contributed by atoms with Gasteiger partial charge in [0.15, 0.2) is 0 Å². The van der Waals surface area contributed by atoms with Crippen molar-refractivity contribution in [3.63, 3.8) is 0 Å². The van der Waals surface area contributed by atoms with Gasteiger partial charge in [-0.1, -0.05) is 42.5 Å². The highest BCUT2D eigenvalue weighted by molar-refractivity contribution is 7.90. The molecule has 1 unspecified atom stereocenters. The number of benzene rings is 2. The summed E-state index contributed by atoms with van der Waals surface area (Å²) in [7, 11) is -4.34. The molecule has 0 saturated carbocycles. The summed E-state index contributed by atoms with van der Waals surface area (Å²) in [5.74, 6) is -0.908. The predicted molar refractivity (Wildman–Crippen MR) is 102 cm³/mol. The van der Waals surface area contributed by atoms with Crippen molar-refractivity contribution in [3.8, 4) is 0 Å². The number of urea groups is 1. The molecule has 0 aromatic heterocycles. The zero-order chi connectivity index (χ0) is 19.7. The molecule has 1 aliphatic carbocycles. The van der Waals surface area contributed by atoms with E-state index in [-0.39, 0.29) is 0 Å². The molecule has 2 aromatic rings. The molecule has 4 rings (SSSR count). The Hall–Kier alpha value is -2.87. The van der Waals surface area contributed by atoms with Gasteiger partial charge in [-0.2, -0.15) is 0 Å². The topological polar surface area (TPSA) is 78.5 Å². The Morgan fingerprint density at radius 1 is 1.04 bits per heavy atom. The van der Waals surface area contributed by atoms with E-state index in [0.29, 0.717) is 0 Å². The number of hydrazine groups is 1. The van der Waals surface area contributed by atoms with E-state index in [1.54, 1.807) is 0 Å². The summed E-state index contributed by atoms with van der Waals surface area (Å²) in [4.78, 5) is 12.3. The summed E-state index contributed by atoms with van der Waals surface area (Å²) in [6.45, 7) is 0. The SMILES string of the molecule is O=C(NS(=O)(=O)c1ccccc1F)N1NC2=C(CCCC2)C1c1ccccc1. The Bertz CT molecular complexity index is 1040. The molecular formula is C20H20FN3O3S. The van der Waals surface area contributed by atoms with E-state index in [2.05, 4.69) is 5.43 Å². The summed E-state index contributed by atoms with van der Waals surface area (Å²) < 4.78 is 41.0. The molecule has 1 aliphatic heterocycles. The highest BCUT2D eigenvalue weighted by Gasteiger charge is 2.39. The number of hydrogen-bond donors (Lipinski definition) is 2. The largest absolute Gasteiger partial charge is 0.350 e. The highest BCUT2D eigenvalue weighted by Crippen LogP contribution is 2.41. The van der Waals surface area contributed by atoms with Crippen LogP contribution in [0.15, 0.2) is 70.8 Å². The van der Waals surface area contributed by atoms with Gasteiger partial charge in [-0.25, -0.2) is 27.3 Å². The van der Waals surface area contributed by atoms with E-state index in [1.165, 1.54) is 17.1 Å². The fourth-order valence-electron chi connectivity index (χ4n) is 3.76. The maximum atomic E-state index is 13.9. The molecule has 1 atom stereocenters. The summed E-state index contributed by atoms with van der Waals surface area (Å²) in [5.41, 5.74) is 6.01. The third kappa shape index (κ3) is 3.35. The Balaban J connectivity index is 1.64. The van der Waals surface area contributed by atoms with Crippen molar-refractivity contribution in [2.24, 2.45) is 0 Å². The first-order chi connectivity index (χ1) is 13.5. The van der Waals surface area contributed by atoms with E-state index in [4.69, 9.17) is 0 Å². The van der Waals surface area contributed by atoms with Gasteiger partial charge in [0.05, 0.1) is 0 Å². The Morgan fingerprint density at radius 3 is 2.46 bits per heavy atom. The van der Waals surface area contributed by atoms with Crippen LogP contribution >= 0.6 is 0 Å². The second-order valence-electron chi connectivity index (χ2n) is 6.85. The van der Waals surface area contributed by atoms with Crippen molar-refractivity contribution in [2.45, 2.75) is 36.6 Å². The maximum absolute atomic E-state index is 13.9. The van der Waals surface area contributed by atoms with Crippen LogP contribution in [0.2, 0.25) is 0 Å². The molecule has 146 valence electrons. The zero-order valence-electron chi connectivity index (χ0n) is 15.1. The van der Waals surface area contributed by atoms with Gasteiger partial charge in [0.25, 0.3) is 10.0 Å². The van der Waals surface area contributed by atoms with Crippen LogP contribution in [-0.4, -0.2) is 19.5 Å². The van der Waals surface area contributed by atoms with Crippen molar-refractivity contribution in [1.29, 1.82) is 0 Å². The molecule has 2 N–H and O–H groups in total. The van der Waals surface area contributed by atoms with Gasteiger partial charge in [-0.15, -0.1) is 0 Å². The van der Waals surface area contributed by atoms with E-state index in [1.807, 2.05) is 35.1 Å². The van der Waals surface area contributed by atoms with Crippen LogP contribution in [0.1, 0.15) is 37.3 Å². The van der Waals surface area contributed by atoms with E-state index in [9.17, 15) is 17.6 Å². The minimum absolute atomic E-state index is 0.396. The number of carbonyl (C=O) groups excluding carboxylic acids is 1. The predicted octanol–water partition coefficient (Wildman–Crippen LogP) is 3.61. The molecule has 28 heavy (non-hydrogen) atoms. The van der Waals surface area contributed by atoms with Crippen molar-refractivity contribution >= 4 is 16.1 Å². The number of nitrogens with zero attached hydrogens (tertiary/aromatic N) is 1. The fourth-order valence-corrected chi connectivity index (χ4v) is 4.78. The number of halogens is 1. The second kappa shape index (κ2) is 7.27. The lowest BCUT2D eigenvalue weighted by atomic mass is 9.89. The van der Waals surface area contributed by atoms with Gasteiger partial charge < -0.3 is 0 Å². The number of allylic oxidation sites excluding steroid dienone is 1. The average Bonchev–Trinajstić information content (AvgIpc) is 3.08. The Morgan fingerprint density at radius 2 is 1.71 bits per heavy atom. The highest BCUT2D eigenvalue weighted by atomic mass is 32.2. The second-order valence-corrected chi connectivity index (χ2v) is 8.50. The number of hydrogen-bond acceptors (Lipinski definition) is 4. The monoisotopic (exact) mass is 401 g/mol. The van der Waals surface area contributed by atoms with Crippen molar-refractivity contribution in [1.82, 2.24) is 15.2 Å². The number of sulfonamides is 1. The van der Waals surface area contributed by atoms with E-state index in [0.717, 1.165) is 54.6 Å². The summed E-state index contributed by atoms with van der Waals surface area (Å²) >= 11 is 0. The smallest absolute Gasteiger partial charge is 0.298 e. The maximum Gasteiger partial charge on any atom is 0.350 e. The van der Waals surface area contributed by atoms with Crippen LogP contribution in [0.25, 0.3) is 0 Å². The minimum Gasteiger partial charge on any atom is -0.298 e. The molecular weight excluding hydrogens is 381 g/mol. The fraction of sp³-hybridized carbons (Fsp3) is 0.250. The Labute approximate surface area is 163 Å². The van der Waals surface area contributed by atoms with Crippen molar-refractivity contribution < 1.29 is 17.6 Å². The molecule has 2 aliphatic rings. The first kappa shape index (κ1) is 18.5. The van der Waals surface area contributed by atoms with Gasteiger partial charge in [0, 0.05) is 5.70 Å². The molecule has 2 aromatic carbocycles. The molecule has 8 heteroatoms. The van der Waals surface area contributed by atoms with Gasteiger partial charge in [-0.05, 0) is 49.0 Å². The third-order valence-corrected chi connectivity index (χ3v) is 6.39. The zero-order valence-corrected chi connectivity index (χ0v) is 15.9. The molecule has 0 spiro atoms. The van der Waals surface area contributed by atoms with Crippen LogP contribution < -0.4 is 10.1 Å². The number of carbonyl (C=O) groups is 1.